The number of hydrogen-bond donors (Lipinski definition) is 0. The molecule has 2 aliphatic rings. The third-order valence-electron chi connectivity index (χ3n) is 3.99. The molecular formula is C16H20O4. The Bertz CT molecular complexity index is 511. The highest BCUT2D eigenvalue weighted by Gasteiger charge is 2.31. The van der Waals surface area contributed by atoms with Crippen molar-refractivity contribution in [3.05, 3.63) is 23.8 Å². The normalized spacial score (nSPS) is 29.0. The van der Waals surface area contributed by atoms with Crippen molar-refractivity contribution in [1.29, 1.82) is 0 Å². The molecule has 0 N–H and O–H groups in total. The number of ketones is 1. The fourth-order valence-electron chi connectivity index (χ4n) is 2.70. The Hall–Kier alpha value is -1.55. The molecule has 3 unspecified atom stereocenters. The Morgan fingerprint density at radius 2 is 1.90 bits per heavy atom. The van der Waals surface area contributed by atoms with E-state index in [0.717, 1.165) is 12.2 Å². The third-order valence-corrected chi connectivity index (χ3v) is 3.99. The molecular weight excluding hydrogens is 256 g/mol. The molecule has 3 atom stereocenters. The van der Waals surface area contributed by atoms with Gasteiger partial charge in [-0.25, -0.2) is 0 Å². The standard InChI is InChI=1S/C16H20O4/c1-10-8-19-14-4-3-12(7-15(14)20-9-10)16(17)13-5-6-18-11(13)2/h3-4,7,10-11,13H,5-6,8-9H2,1-2H3. The van der Waals surface area contributed by atoms with E-state index in [0.29, 0.717) is 37.1 Å². The molecule has 0 bridgehead atoms. The van der Waals surface area contributed by atoms with E-state index in [4.69, 9.17) is 14.2 Å². The van der Waals surface area contributed by atoms with E-state index in [1.807, 2.05) is 19.1 Å². The molecule has 1 fully saturated rings. The van der Waals surface area contributed by atoms with Crippen LogP contribution < -0.4 is 9.47 Å². The van der Waals surface area contributed by atoms with Crippen molar-refractivity contribution in [1.82, 2.24) is 0 Å². The van der Waals surface area contributed by atoms with E-state index in [9.17, 15) is 4.79 Å². The average molecular weight is 276 g/mol. The smallest absolute Gasteiger partial charge is 0.168 e. The van der Waals surface area contributed by atoms with Crippen LogP contribution in [0, 0.1) is 11.8 Å². The maximum absolute atomic E-state index is 12.5. The number of ether oxygens (including phenoxy) is 3. The first kappa shape index (κ1) is 13.4. The number of benzene rings is 1. The largest absolute Gasteiger partial charge is 0.489 e. The molecule has 3 rings (SSSR count). The fraction of sp³-hybridized carbons (Fsp3) is 0.562. The van der Waals surface area contributed by atoms with Crippen molar-refractivity contribution in [3.63, 3.8) is 0 Å². The summed E-state index contributed by atoms with van der Waals surface area (Å²) in [5.41, 5.74) is 0.684. The Labute approximate surface area is 119 Å². The Kier molecular flexibility index (Phi) is 3.66. The maximum Gasteiger partial charge on any atom is 0.168 e. The molecule has 1 saturated heterocycles. The van der Waals surface area contributed by atoms with Gasteiger partial charge in [0.2, 0.25) is 0 Å². The Morgan fingerprint density at radius 1 is 1.15 bits per heavy atom. The maximum atomic E-state index is 12.5. The minimum atomic E-state index is -0.0429. The van der Waals surface area contributed by atoms with Crippen LogP contribution in [0.25, 0.3) is 0 Å². The lowest BCUT2D eigenvalue weighted by atomic mass is 9.92. The monoisotopic (exact) mass is 276 g/mol. The number of hydrogen-bond acceptors (Lipinski definition) is 4. The second-order valence-electron chi connectivity index (χ2n) is 5.72. The van der Waals surface area contributed by atoms with Gasteiger partial charge in [-0.3, -0.25) is 4.79 Å². The van der Waals surface area contributed by atoms with Gasteiger partial charge in [-0.05, 0) is 31.5 Å². The molecule has 1 aromatic carbocycles. The molecule has 108 valence electrons. The van der Waals surface area contributed by atoms with Crippen molar-refractivity contribution in [2.75, 3.05) is 19.8 Å². The first-order valence-corrected chi connectivity index (χ1v) is 7.20. The molecule has 20 heavy (non-hydrogen) atoms. The zero-order valence-corrected chi connectivity index (χ0v) is 11.9. The summed E-state index contributed by atoms with van der Waals surface area (Å²) in [7, 11) is 0. The summed E-state index contributed by atoms with van der Waals surface area (Å²) in [5.74, 6) is 1.84. The zero-order chi connectivity index (χ0) is 14.1. The van der Waals surface area contributed by atoms with Gasteiger partial charge in [0.15, 0.2) is 17.3 Å². The van der Waals surface area contributed by atoms with Crippen molar-refractivity contribution >= 4 is 5.78 Å². The fourth-order valence-corrected chi connectivity index (χ4v) is 2.70. The van der Waals surface area contributed by atoms with Crippen LogP contribution in [0.1, 0.15) is 30.6 Å². The molecule has 2 aliphatic heterocycles. The van der Waals surface area contributed by atoms with Gasteiger partial charge < -0.3 is 14.2 Å². The lowest BCUT2D eigenvalue weighted by Gasteiger charge is -2.14. The number of carbonyl (C=O) groups is 1. The van der Waals surface area contributed by atoms with E-state index >= 15 is 0 Å². The summed E-state index contributed by atoms with van der Waals surface area (Å²) < 4.78 is 16.9. The molecule has 0 aliphatic carbocycles. The Morgan fingerprint density at radius 3 is 2.60 bits per heavy atom. The first-order valence-electron chi connectivity index (χ1n) is 7.20. The van der Waals surface area contributed by atoms with Gasteiger partial charge in [-0.2, -0.15) is 0 Å². The van der Waals surface area contributed by atoms with Gasteiger partial charge in [-0.15, -0.1) is 0 Å². The Balaban J connectivity index is 1.83. The molecule has 0 amide bonds. The topological polar surface area (TPSA) is 44.8 Å². The van der Waals surface area contributed by atoms with Gasteiger partial charge in [0, 0.05) is 18.1 Å². The van der Waals surface area contributed by atoms with E-state index < -0.39 is 0 Å². The van der Waals surface area contributed by atoms with Gasteiger partial charge in [0.05, 0.1) is 25.2 Å². The summed E-state index contributed by atoms with van der Waals surface area (Å²) in [4.78, 5) is 12.5. The molecule has 4 heteroatoms. The predicted molar refractivity (Wildman–Crippen MR) is 74.4 cm³/mol. The van der Waals surface area contributed by atoms with Crippen LogP contribution in [0.15, 0.2) is 18.2 Å². The van der Waals surface area contributed by atoms with Crippen molar-refractivity contribution < 1.29 is 19.0 Å². The zero-order valence-electron chi connectivity index (χ0n) is 11.9. The van der Waals surface area contributed by atoms with Crippen LogP contribution in [0.3, 0.4) is 0 Å². The summed E-state index contributed by atoms with van der Waals surface area (Å²) in [5, 5.41) is 0. The SMILES string of the molecule is CC1COc2ccc(C(=O)C3CCOC3C)cc2OC1. The van der Waals surface area contributed by atoms with Crippen molar-refractivity contribution in [3.8, 4) is 11.5 Å². The number of Topliss-reactive ketones (excluding diaryl/α,β-unsaturated/α-hetero) is 1. The third kappa shape index (κ3) is 2.52. The van der Waals surface area contributed by atoms with Gasteiger partial charge in [0.1, 0.15) is 0 Å². The molecule has 2 heterocycles. The van der Waals surface area contributed by atoms with E-state index in [-0.39, 0.29) is 17.8 Å². The molecule has 0 radical (unpaired) electrons. The van der Waals surface area contributed by atoms with Gasteiger partial charge in [-0.1, -0.05) is 6.92 Å². The quantitative estimate of drug-likeness (QED) is 0.779. The summed E-state index contributed by atoms with van der Waals surface area (Å²) in [6.07, 6.45) is 0.796. The van der Waals surface area contributed by atoms with E-state index in [1.54, 1.807) is 6.07 Å². The molecule has 0 spiro atoms. The highest BCUT2D eigenvalue weighted by molar-refractivity contribution is 5.99. The average Bonchev–Trinajstić information content (AvgIpc) is 2.79. The van der Waals surface area contributed by atoms with Crippen LogP contribution in [0.4, 0.5) is 0 Å². The number of fused-ring (bicyclic) bond motifs is 1. The van der Waals surface area contributed by atoms with Crippen LogP contribution in [0.2, 0.25) is 0 Å². The summed E-state index contributed by atoms with van der Waals surface area (Å²) in [6.45, 7) is 5.97. The highest BCUT2D eigenvalue weighted by Crippen LogP contribution is 2.33. The van der Waals surface area contributed by atoms with E-state index in [2.05, 4.69) is 6.92 Å². The lowest BCUT2D eigenvalue weighted by Crippen LogP contribution is -2.21. The van der Waals surface area contributed by atoms with Crippen LogP contribution in [-0.2, 0) is 4.74 Å². The number of carbonyl (C=O) groups excluding carboxylic acids is 1. The minimum Gasteiger partial charge on any atom is -0.489 e. The first-order chi connectivity index (χ1) is 9.65. The highest BCUT2D eigenvalue weighted by atomic mass is 16.5. The van der Waals surface area contributed by atoms with Crippen molar-refractivity contribution in [2.24, 2.45) is 11.8 Å². The number of rotatable bonds is 2. The second-order valence-corrected chi connectivity index (χ2v) is 5.72. The van der Waals surface area contributed by atoms with Crippen LogP contribution in [0.5, 0.6) is 11.5 Å². The van der Waals surface area contributed by atoms with Gasteiger partial charge in [0.25, 0.3) is 0 Å². The molecule has 0 saturated carbocycles. The summed E-state index contributed by atoms with van der Waals surface area (Å²) in [6, 6.07) is 5.47. The van der Waals surface area contributed by atoms with Crippen LogP contribution >= 0.6 is 0 Å². The van der Waals surface area contributed by atoms with Gasteiger partial charge >= 0.3 is 0 Å². The minimum absolute atomic E-state index is 0.00139. The lowest BCUT2D eigenvalue weighted by molar-refractivity contribution is 0.0764. The second kappa shape index (κ2) is 5.44. The van der Waals surface area contributed by atoms with E-state index in [1.165, 1.54) is 0 Å². The molecule has 4 nitrogen and oxygen atoms in total. The molecule has 0 aromatic heterocycles. The van der Waals surface area contributed by atoms with Crippen LogP contribution in [-0.4, -0.2) is 31.7 Å². The summed E-state index contributed by atoms with van der Waals surface area (Å²) >= 11 is 0. The predicted octanol–water partition coefficient (Wildman–Crippen LogP) is 2.70. The molecule has 1 aromatic rings. The van der Waals surface area contributed by atoms with Crippen molar-refractivity contribution in [2.45, 2.75) is 26.4 Å².